The van der Waals surface area contributed by atoms with Crippen LogP contribution in [0.1, 0.15) is 32.7 Å². The van der Waals surface area contributed by atoms with Crippen LogP contribution in [0.15, 0.2) is 42.5 Å². The van der Waals surface area contributed by atoms with Gasteiger partial charge in [0.1, 0.15) is 5.69 Å². The second kappa shape index (κ2) is 7.20. The summed E-state index contributed by atoms with van der Waals surface area (Å²) in [7, 11) is 0. The van der Waals surface area contributed by atoms with Gasteiger partial charge in [-0.25, -0.2) is 0 Å². The van der Waals surface area contributed by atoms with E-state index in [0.717, 1.165) is 17.5 Å². The van der Waals surface area contributed by atoms with E-state index in [0.29, 0.717) is 25.4 Å². The number of aryl methyl sites for hydroxylation is 3. The van der Waals surface area contributed by atoms with Crippen LogP contribution in [0.3, 0.4) is 0 Å². The van der Waals surface area contributed by atoms with Gasteiger partial charge in [-0.1, -0.05) is 42.5 Å². The standard InChI is InChI=1S/C23H26N2O2/c1-15-9-10-16(2)21-20(15)17(3)22(24-21)23(26)25-11-12-27-19(14-25)13-18-7-5-4-6-8-18/h4-10,19,24H,11-14H2,1-3H3/t19-/m1/s1. The first-order valence-corrected chi connectivity index (χ1v) is 9.58. The van der Waals surface area contributed by atoms with Crippen LogP contribution < -0.4 is 0 Å². The lowest BCUT2D eigenvalue weighted by molar-refractivity contribution is -0.0210. The molecule has 1 amide bonds. The van der Waals surface area contributed by atoms with Crippen LogP contribution >= 0.6 is 0 Å². The first-order valence-electron chi connectivity index (χ1n) is 9.58. The van der Waals surface area contributed by atoms with Crippen LogP contribution in [-0.4, -0.2) is 41.6 Å². The van der Waals surface area contributed by atoms with E-state index >= 15 is 0 Å². The highest BCUT2D eigenvalue weighted by Gasteiger charge is 2.28. The molecule has 1 fully saturated rings. The van der Waals surface area contributed by atoms with Gasteiger partial charge in [-0.15, -0.1) is 0 Å². The Morgan fingerprint density at radius 1 is 1.11 bits per heavy atom. The molecule has 1 aliphatic rings. The fourth-order valence-corrected chi connectivity index (χ4v) is 4.08. The van der Waals surface area contributed by atoms with Gasteiger partial charge in [0, 0.05) is 30.4 Å². The number of aromatic amines is 1. The normalized spacial score (nSPS) is 17.4. The molecule has 4 heteroatoms. The molecule has 1 aliphatic heterocycles. The quantitative estimate of drug-likeness (QED) is 0.760. The molecule has 1 saturated heterocycles. The summed E-state index contributed by atoms with van der Waals surface area (Å²) in [6, 6.07) is 14.5. The molecule has 0 spiro atoms. The summed E-state index contributed by atoms with van der Waals surface area (Å²) in [4.78, 5) is 18.6. The van der Waals surface area contributed by atoms with E-state index in [9.17, 15) is 4.79 Å². The largest absolute Gasteiger partial charge is 0.374 e. The van der Waals surface area contributed by atoms with Gasteiger partial charge in [0.2, 0.25) is 0 Å². The highest BCUT2D eigenvalue weighted by molar-refractivity contribution is 6.02. The molecule has 0 radical (unpaired) electrons. The van der Waals surface area contributed by atoms with Crippen molar-refractivity contribution in [3.63, 3.8) is 0 Å². The monoisotopic (exact) mass is 362 g/mol. The molecule has 4 rings (SSSR count). The van der Waals surface area contributed by atoms with Crippen LogP contribution in [0.2, 0.25) is 0 Å². The minimum atomic E-state index is 0.0401. The zero-order chi connectivity index (χ0) is 19.0. The minimum absolute atomic E-state index is 0.0401. The molecule has 0 saturated carbocycles. The van der Waals surface area contributed by atoms with Crippen molar-refractivity contribution < 1.29 is 9.53 Å². The number of carbonyl (C=O) groups is 1. The zero-order valence-electron chi connectivity index (χ0n) is 16.2. The number of nitrogens with zero attached hydrogens (tertiary/aromatic N) is 1. The summed E-state index contributed by atoms with van der Waals surface area (Å²) in [6.45, 7) is 8.07. The molecule has 140 valence electrons. The summed E-state index contributed by atoms with van der Waals surface area (Å²) in [5.74, 6) is 0.0730. The number of H-pyrrole nitrogens is 1. The molecule has 0 bridgehead atoms. The van der Waals surface area contributed by atoms with Crippen LogP contribution in [0.25, 0.3) is 10.9 Å². The lowest BCUT2D eigenvalue weighted by Gasteiger charge is -2.33. The third-order valence-electron chi connectivity index (χ3n) is 5.57. The SMILES string of the molecule is Cc1ccc(C)c2c(C)c(C(=O)N3CCO[C@H](Cc4ccccc4)C3)[nH]c12. The Labute approximate surface area is 160 Å². The van der Waals surface area contributed by atoms with E-state index in [2.05, 4.69) is 43.1 Å². The number of nitrogens with one attached hydrogen (secondary N) is 1. The molecule has 1 atom stereocenters. The number of rotatable bonds is 3. The third-order valence-corrected chi connectivity index (χ3v) is 5.57. The van der Waals surface area contributed by atoms with E-state index in [-0.39, 0.29) is 12.0 Å². The van der Waals surface area contributed by atoms with Gasteiger partial charge in [0.25, 0.3) is 5.91 Å². The van der Waals surface area contributed by atoms with Crippen molar-refractivity contribution in [2.24, 2.45) is 0 Å². The van der Waals surface area contributed by atoms with E-state index in [1.54, 1.807) is 0 Å². The molecule has 1 aromatic heterocycles. The summed E-state index contributed by atoms with van der Waals surface area (Å²) < 4.78 is 5.92. The molecule has 27 heavy (non-hydrogen) atoms. The fraction of sp³-hybridized carbons (Fsp3) is 0.348. The lowest BCUT2D eigenvalue weighted by atomic mass is 10.0. The van der Waals surface area contributed by atoms with Crippen LogP contribution in [-0.2, 0) is 11.2 Å². The average Bonchev–Trinajstić information content (AvgIpc) is 3.04. The fourth-order valence-electron chi connectivity index (χ4n) is 4.08. The molecule has 1 N–H and O–H groups in total. The Kier molecular flexibility index (Phi) is 4.75. The summed E-state index contributed by atoms with van der Waals surface area (Å²) in [6.07, 6.45) is 0.868. The number of benzene rings is 2. The molecule has 3 aromatic rings. The average molecular weight is 362 g/mol. The van der Waals surface area contributed by atoms with Gasteiger partial charge in [-0.3, -0.25) is 4.79 Å². The Morgan fingerprint density at radius 3 is 2.59 bits per heavy atom. The summed E-state index contributed by atoms with van der Waals surface area (Å²) in [5, 5.41) is 1.17. The van der Waals surface area contributed by atoms with Crippen LogP contribution in [0, 0.1) is 20.8 Å². The predicted octanol–water partition coefficient (Wildman–Crippen LogP) is 4.18. The van der Waals surface area contributed by atoms with Gasteiger partial charge in [-0.2, -0.15) is 0 Å². The lowest BCUT2D eigenvalue weighted by Crippen LogP contribution is -2.46. The Morgan fingerprint density at radius 2 is 1.85 bits per heavy atom. The second-order valence-corrected chi connectivity index (χ2v) is 7.51. The smallest absolute Gasteiger partial charge is 0.270 e. The first kappa shape index (κ1) is 17.8. The third kappa shape index (κ3) is 3.37. The first-order chi connectivity index (χ1) is 13.0. The van der Waals surface area contributed by atoms with Crippen molar-refractivity contribution in [1.82, 2.24) is 9.88 Å². The minimum Gasteiger partial charge on any atom is -0.374 e. The highest BCUT2D eigenvalue weighted by atomic mass is 16.5. The van der Waals surface area contributed by atoms with Crippen molar-refractivity contribution in [3.05, 3.63) is 70.4 Å². The number of carbonyl (C=O) groups excluding carboxylic acids is 1. The van der Waals surface area contributed by atoms with Crippen molar-refractivity contribution in [2.75, 3.05) is 19.7 Å². The predicted molar refractivity (Wildman–Crippen MR) is 108 cm³/mol. The molecular weight excluding hydrogens is 336 g/mol. The summed E-state index contributed by atoms with van der Waals surface area (Å²) in [5.41, 5.74) is 6.44. The Hall–Kier alpha value is -2.59. The zero-order valence-corrected chi connectivity index (χ0v) is 16.2. The molecular formula is C23H26N2O2. The number of morpholine rings is 1. The van der Waals surface area contributed by atoms with Gasteiger partial charge in [0.15, 0.2) is 0 Å². The number of ether oxygens (including phenoxy) is 1. The number of aromatic nitrogens is 1. The number of amides is 1. The van der Waals surface area contributed by atoms with E-state index < -0.39 is 0 Å². The maximum Gasteiger partial charge on any atom is 0.270 e. The molecule has 4 nitrogen and oxygen atoms in total. The van der Waals surface area contributed by atoms with Gasteiger partial charge < -0.3 is 14.6 Å². The van der Waals surface area contributed by atoms with Gasteiger partial charge >= 0.3 is 0 Å². The van der Waals surface area contributed by atoms with E-state index in [1.807, 2.05) is 30.0 Å². The van der Waals surface area contributed by atoms with Crippen molar-refractivity contribution in [3.8, 4) is 0 Å². The van der Waals surface area contributed by atoms with Crippen LogP contribution in [0.5, 0.6) is 0 Å². The number of hydrogen-bond acceptors (Lipinski definition) is 2. The molecule has 0 aliphatic carbocycles. The molecule has 2 heterocycles. The Balaban J connectivity index is 1.57. The van der Waals surface area contributed by atoms with Gasteiger partial charge in [-0.05, 0) is 43.0 Å². The number of fused-ring (bicyclic) bond motifs is 1. The van der Waals surface area contributed by atoms with Gasteiger partial charge in [0.05, 0.1) is 12.7 Å². The maximum atomic E-state index is 13.2. The van der Waals surface area contributed by atoms with Crippen molar-refractivity contribution in [1.29, 1.82) is 0 Å². The van der Waals surface area contributed by atoms with Crippen LogP contribution in [0.4, 0.5) is 0 Å². The molecule has 2 aromatic carbocycles. The van der Waals surface area contributed by atoms with E-state index in [1.165, 1.54) is 22.1 Å². The second-order valence-electron chi connectivity index (χ2n) is 7.51. The van der Waals surface area contributed by atoms with Crippen molar-refractivity contribution >= 4 is 16.8 Å². The topological polar surface area (TPSA) is 45.3 Å². The van der Waals surface area contributed by atoms with E-state index in [4.69, 9.17) is 4.74 Å². The Bertz CT molecular complexity index is 975. The maximum absolute atomic E-state index is 13.2. The summed E-state index contributed by atoms with van der Waals surface area (Å²) >= 11 is 0. The molecule has 0 unspecified atom stereocenters. The highest BCUT2D eigenvalue weighted by Crippen LogP contribution is 2.28. The number of hydrogen-bond donors (Lipinski definition) is 1. The van der Waals surface area contributed by atoms with Crippen molar-refractivity contribution in [2.45, 2.75) is 33.3 Å².